The molecule has 1 saturated heterocycles. The lowest BCUT2D eigenvalue weighted by molar-refractivity contribution is 0.0918. The normalized spacial score (nSPS) is 17.2. The second-order valence-corrected chi connectivity index (χ2v) is 5.29. The third kappa shape index (κ3) is 3.97. The number of amides is 1. The number of hydrogen-bond acceptors (Lipinski definition) is 3. The van der Waals surface area contributed by atoms with E-state index in [0.717, 1.165) is 31.0 Å². The number of carbonyl (C=O) groups is 1. The van der Waals surface area contributed by atoms with Crippen LogP contribution in [0.3, 0.4) is 0 Å². The molecule has 0 unspecified atom stereocenters. The first-order valence-electron chi connectivity index (χ1n) is 7.44. The number of hydrogen-bond donors (Lipinski definition) is 1. The number of rotatable bonds is 5. The maximum Gasteiger partial charge on any atom is 0.287 e. The van der Waals surface area contributed by atoms with E-state index in [1.807, 2.05) is 26.0 Å². The molecule has 1 N–H and O–H groups in total. The molecule has 0 atom stereocenters. The van der Waals surface area contributed by atoms with Crippen molar-refractivity contribution in [2.75, 3.05) is 26.2 Å². The van der Waals surface area contributed by atoms with Crippen molar-refractivity contribution >= 4 is 11.5 Å². The van der Waals surface area contributed by atoms with Gasteiger partial charge in [0.15, 0.2) is 5.76 Å². The summed E-state index contributed by atoms with van der Waals surface area (Å²) in [5.74, 6) is 1.02. The van der Waals surface area contributed by atoms with E-state index in [4.69, 9.17) is 4.42 Å². The van der Waals surface area contributed by atoms with Crippen LogP contribution in [0.4, 0.5) is 0 Å². The lowest BCUT2D eigenvalue weighted by atomic mass is 10.1. The van der Waals surface area contributed by atoms with Gasteiger partial charge in [0.05, 0.1) is 0 Å². The molecule has 4 nitrogen and oxygen atoms in total. The number of allylic oxidation sites excluding steroid dienone is 2. The van der Waals surface area contributed by atoms with Crippen LogP contribution in [0.5, 0.6) is 0 Å². The second kappa shape index (κ2) is 7.29. The van der Waals surface area contributed by atoms with Gasteiger partial charge >= 0.3 is 0 Å². The van der Waals surface area contributed by atoms with Crippen LogP contribution >= 0.6 is 0 Å². The summed E-state index contributed by atoms with van der Waals surface area (Å²) in [5, 5.41) is 2.92. The smallest absolute Gasteiger partial charge is 0.287 e. The van der Waals surface area contributed by atoms with Gasteiger partial charge in [-0.1, -0.05) is 12.5 Å². The van der Waals surface area contributed by atoms with Crippen LogP contribution in [0.1, 0.15) is 50.9 Å². The highest BCUT2D eigenvalue weighted by atomic mass is 16.3. The molecule has 2 rings (SSSR count). The molecule has 112 valence electrons. The van der Waals surface area contributed by atoms with Crippen LogP contribution in [0.15, 0.2) is 22.6 Å². The minimum Gasteiger partial charge on any atom is -0.451 e. The monoisotopic (exact) mass is 278 g/mol. The molecule has 1 aromatic rings. The van der Waals surface area contributed by atoms with Crippen LogP contribution in [0.2, 0.25) is 0 Å². The zero-order valence-corrected chi connectivity index (χ0v) is 12.4. The molecule has 0 aliphatic carbocycles. The minimum absolute atomic E-state index is 0. The molecule has 4 heteroatoms. The van der Waals surface area contributed by atoms with Crippen molar-refractivity contribution in [2.45, 2.75) is 33.1 Å². The van der Waals surface area contributed by atoms with Gasteiger partial charge in [-0.3, -0.25) is 4.79 Å². The quantitative estimate of drug-likeness (QED) is 0.900. The molecule has 1 aliphatic rings. The van der Waals surface area contributed by atoms with E-state index in [0.29, 0.717) is 12.3 Å². The highest BCUT2D eigenvalue weighted by Crippen LogP contribution is 2.16. The fourth-order valence-corrected chi connectivity index (χ4v) is 2.41. The Hall–Kier alpha value is -1.55. The van der Waals surface area contributed by atoms with E-state index < -0.39 is 0 Å². The van der Waals surface area contributed by atoms with Crippen LogP contribution in [0, 0.1) is 0 Å². The molecule has 1 amide bonds. The highest BCUT2D eigenvalue weighted by molar-refractivity contribution is 5.91. The third-order valence-corrected chi connectivity index (χ3v) is 3.81. The van der Waals surface area contributed by atoms with Gasteiger partial charge in [0.25, 0.3) is 5.91 Å². The maximum absolute atomic E-state index is 12.0. The van der Waals surface area contributed by atoms with Crippen LogP contribution in [-0.4, -0.2) is 37.0 Å². The molecule has 1 fully saturated rings. The SMILES string of the molecule is CC=C(C)c1ccc(C(=O)NCCN2CCCCC2)o1.[HH]. The van der Waals surface area contributed by atoms with Crippen molar-refractivity contribution in [3.05, 3.63) is 29.7 Å². The van der Waals surface area contributed by atoms with Gasteiger partial charge in [0, 0.05) is 14.5 Å². The predicted octanol–water partition coefficient (Wildman–Crippen LogP) is 3.16. The number of piperidine rings is 1. The number of nitrogens with zero attached hydrogens (tertiary/aromatic N) is 1. The fraction of sp³-hybridized carbons (Fsp3) is 0.562. The van der Waals surface area contributed by atoms with Crippen molar-refractivity contribution in [2.24, 2.45) is 0 Å². The highest BCUT2D eigenvalue weighted by Gasteiger charge is 2.13. The minimum atomic E-state index is -0.128. The topological polar surface area (TPSA) is 45.5 Å². The van der Waals surface area contributed by atoms with E-state index in [2.05, 4.69) is 10.2 Å². The molecule has 20 heavy (non-hydrogen) atoms. The number of nitrogens with one attached hydrogen (secondary N) is 1. The molecule has 1 aliphatic heterocycles. The van der Waals surface area contributed by atoms with Crippen molar-refractivity contribution < 1.29 is 10.6 Å². The Morgan fingerprint density at radius 2 is 2.05 bits per heavy atom. The number of carbonyl (C=O) groups excluding carboxylic acids is 1. The Morgan fingerprint density at radius 3 is 2.75 bits per heavy atom. The summed E-state index contributed by atoms with van der Waals surface area (Å²) >= 11 is 0. The molecule has 1 aromatic heterocycles. The lowest BCUT2D eigenvalue weighted by Gasteiger charge is -2.26. The molecule has 0 bridgehead atoms. The van der Waals surface area contributed by atoms with E-state index in [9.17, 15) is 4.79 Å². The summed E-state index contributed by atoms with van der Waals surface area (Å²) in [7, 11) is 0. The molecule has 0 spiro atoms. The van der Waals surface area contributed by atoms with Crippen molar-refractivity contribution in [1.29, 1.82) is 0 Å². The zero-order chi connectivity index (χ0) is 14.4. The Labute approximate surface area is 122 Å². The van der Waals surface area contributed by atoms with E-state index in [-0.39, 0.29) is 7.33 Å². The predicted molar refractivity (Wildman–Crippen MR) is 82.8 cm³/mol. The number of furan rings is 1. The Kier molecular flexibility index (Phi) is 5.41. The van der Waals surface area contributed by atoms with Gasteiger partial charge < -0.3 is 14.6 Å². The molecular formula is C16H26N2O2. The van der Waals surface area contributed by atoms with Gasteiger partial charge in [-0.2, -0.15) is 0 Å². The van der Waals surface area contributed by atoms with Crippen LogP contribution in [0.25, 0.3) is 5.57 Å². The van der Waals surface area contributed by atoms with Gasteiger partial charge in [-0.05, 0) is 57.5 Å². The molecule has 2 heterocycles. The largest absolute Gasteiger partial charge is 0.451 e. The van der Waals surface area contributed by atoms with Gasteiger partial charge in [0.1, 0.15) is 5.76 Å². The van der Waals surface area contributed by atoms with Crippen molar-refractivity contribution in [1.82, 2.24) is 10.2 Å². The van der Waals surface area contributed by atoms with Gasteiger partial charge in [-0.25, -0.2) is 0 Å². The average Bonchev–Trinajstić information content (AvgIpc) is 2.97. The second-order valence-electron chi connectivity index (χ2n) is 5.29. The summed E-state index contributed by atoms with van der Waals surface area (Å²) < 4.78 is 5.55. The summed E-state index contributed by atoms with van der Waals surface area (Å²) in [6.07, 6.45) is 5.86. The molecular weight excluding hydrogens is 252 g/mol. The Morgan fingerprint density at radius 1 is 1.35 bits per heavy atom. The third-order valence-electron chi connectivity index (χ3n) is 3.81. The van der Waals surface area contributed by atoms with E-state index >= 15 is 0 Å². The first kappa shape index (κ1) is 14.9. The van der Waals surface area contributed by atoms with Crippen LogP contribution < -0.4 is 5.32 Å². The first-order valence-corrected chi connectivity index (χ1v) is 7.44. The Bertz CT molecular complexity index is 476. The van der Waals surface area contributed by atoms with E-state index in [1.165, 1.54) is 19.3 Å². The molecule has 0 radical (unpaired) electrons. The summed E-state index contributed by atoms with van der Waals surface area (Å²) in [6, 6.07) is 3.58. The first-order chi connectivity index (χ1) is 9.70. The summed E-state index contributed by atoms with van der Waals surface area (Å²) in [6.45, 7) is 7.83. The standard InChI is InChI=1S/C16H24N2O2.H2/c1-3-13(2)14-7-8-15(20-14)16(19)17-9-12-18-10-5-4-6-11-18;/h3,7-8H,4-6,9-12H2,1-2H3,(H,17,19);1H. The van der Waals surface area contributed by atoms with Crippen LogP contribution in [-0.2, 0) is 0 Å². The lowest BCUT2D eigenvalue weighted by Crippen LogP contribution is -2.37. The molecule has 0 saturated carbocycles. The molecule has 0 aromatic carbocycles. The summed E-state index contributed by atoms with van der Waals surface area (Å²) in [4.78, 5) is 14.4. The summed E-state index contributed by atoms with van der Waals surface area (Å²) in [5.41, 5.74) is 1.04. The fourth-order valence-electron chi connectivity index (χ4n) is 2.41. The number of likely N-dealkylation sites (tertiary alicyclic amines) is 1. The van der Waals surface area contributed by atoms with Crippen molar-refractivity contribution in [3.8, 4) is 0 Å². The Balaban J connectivity index is 0.00000220. The van der Waals surface area contributed by atoms with Gasteiger partial charge in [-0.15, -0.1) is 0 Å². The van der Waals surface area contributed by atoms with E-state index in [1.54, 1.807) is 6.07 Å². The zero-order valence-electron chi connectivity index (χ0n) is 12.4. The van der Waals surface area contributed by atoms with Crippen molar-refractivity contribution in [3.63, 3.8) is 0 Å². The average molecular weight is 278 g/mol. The maximum atomic E-state index is 12.0. The van der Waals surface area contributed by atoms with Gasteiger partial charge in [0.2, 0.25) is 0 Å².